The van der Waals surface area contributed by atoms with E-state index in [1.165, 1.54) is 5.54 Å². The highest BCUT2D eigenvalue weighted by Crippen LogP contribution is 2.18. The number of carbonyl (C=O) groups excluding carboxylic acids is 1. The van der Waals surface area contributed by atoms with E-state index in [2.05, 4.69) is 0 Å². The summed E-state index contributed by atoms with van der Waals surface area (Å²) in [6.45, 7) is 4.10. The van der Waals surface area contributed by atoms with Crippen LogP contribution in [0.25, 0.3) is 0 Å². The van der Waals surface area contributed by atoms with E-state index in [0.717, 1.165) is 6.42 Å². The van der Waals surface area contributed by atoms with Crippen LogP contribution in [0.5, 0.6) is 0 Å². The summed E-state index contributed by atoms with van der Waals surface area (Å²) in [6, 6.07) is 0. The van der Waals surface area contributed by atoms with Gasteiger partial charge in [-0.3, -0.25) is 4.79 Å². The monoisotopic (exact) mass is 203 g/mol. The van der Waals surface area contributed by atoms with Crippen molar-refractivity contribution in [3.8, 4) is 0 Å². The van der Waals surface area contributed by atoms with Gasteiger partial charge < -0.3 is 4.90 Å². The SMILES string of the molecule is CC(C)[C@H](C/C=C/Cl)C(=O)N(C)C. The van der Waals surface area contributed by atoms with Gasteiger partial charge in [-0.15, -0.1) is 0 Å². The lowest BCUT2D eigenvalue weighted by Gasteiger charge is -2.22. The Morgan fingerprint density at radius 1 is 1.46 bits per heavy atom. The topological polar surface area (TPSA) is 20.3 Å². The summed E-state index contributed by atoms with van der Waals surface area (Å²) < 4.78 is 0. The Bertz CT molecular complexity index is 187. The van der Waals surface area contributed by atoms with Gasteiger partial charge in [0, 0.05) is 25.5 Å². The highest BCUT2D eigenvalue weighted by Gasteiger charge is 2.21. The molecule has 0 unspecified atom stereocenters. The first-order valence-corrected chi connectivity index (χ1v) is 4.90. The van der Waals surface area contributed by atoms with Gasteiger partial charge in [-0.25, -0.2) is 0 Å². The molecule has 1 amide bonds. The molecule has 76 valence electrons. The predicted molar refractivity (Wildman–Crippen MR) is 56.6 cm³/mol. The quantitative estimate of drug-likeness (QED) is 0.688. The molecule has 0 aromatic rings. The average Bonchev–Trinajstić information content (AvgIpc) is 2.04. The van der Waals surface area contributed by atoms with Gasteiger partial charge in [0.15, 0.2) is 0 Å². The van der Waals surface area contributed by atoms with Crippen molar-refractivity contribution < 1.29 is 4.79 Å². The van der Waals surface area contributed by atoms with Crippen LogP contribution < -0.4 is 0 Å². The second-order valence-corrected chi connectivity index (χ2v) is 3.93. The third kappa shape index (κ3) is 4.32. The van der Waals surface area contributed by atoms with E-state index in [1.54, 1.807) is 19.0 Å². The van der Waals surface area contributed by atoms with E-state index < -0.39 is 0 Å². The molecule has 0 spiro atoms. The lowest BCUT2D eigenvalue weighted by molar-refractivity contribution is -0.134. The van der Waals surface area contributed by atoms with Crippen LogP contribution in [-0.2, 0) is 4.79 Å². The largest absolute Gasteiger partial charge is 0.349 e. The summed E-state index contributed by atoms with van der Waals surface area (Å²) in [7, 11) is 3.56. The van der Waals surface area contributed by atoms with Gasteiger partial charge in [-0.1, -0.05) is 31.5 Å². The number of rotatable bonds is 4. The van der Waals surface area contributed by atoms with Crippen LogP contribution in [0.1, 0.15) is 20.3 Å². The molecule has 0 aliphatic heterocycles. The number of hydrogen-bond acceptors (Lipinski definition) is 1. The van der Waals surface area contributed by atoms with Gasteiger partial charge in [0.05, 0.1) is 0 Å². The van der Waals surface area contributed by atoms with E-state index >= 15 is 0 Å². The molecule has 0 rings (SSSR count). The zero-order valence-electron chi connectivity index (χ0n) is 8.75. The minimum Gasteiger partial charge on any atom is -0.349 e. The molecule has 13 heavy (non-hydrogen) atoms. The van der Waals surface area contributed by atoms with Crippen molar-refractivity contribution in [2.75, 3.05) is 14.1 Å². The highest BCUT2D eigenvalue weighted by molar-refractivity contribution is 6.25. The van der Waals surface area contributed by atoms with Crippen LogP contribution in [0, 0.1) is 11.8 Å². The summed E-state index contributed by atoms with van der Waals surface area (Å²) >= 11 is 5.43. The van der Waals surface area contributed by atoms with Gasteiger partial charge in [-0.05, 0) is 12.3 Å². The van der Waals surface area contributed by atoms with E-state index in [0.29, 0.717) is 5.92 Å². The van der Waals surface area contributed by atoms with Crippen molar-refractivity contribution in [3.63, 3.8) is 0 Å². The smallest absolute Gasteiger partial charge is 0.225 e. The van der Waals surface area contributed by atoms with Gasteiger partial charge in [0.25, 0.3) is 0 Å². The van der Waals surface area contributed by atoms with Crippen molar-refractivity contribution in [2.45, 2.75) is 20.3 Å². The first kappa shape index (κ1) is 12.5. The summed E-state index contributed by atoms with van der Waals surface area (Å²) in [5.74, 6) is 0.567. The zero-order chi connectivity index (χ0) is 10.4. The van der Waals surface area contributed by atoms with Crippen LogP contribution in [0.3, 0.4) is 0 Å². The van der Waals surface area contributed by atoms with Crippen LogP contribution in [0.4, 0.5) is 0 Å². The van der Waals surface area contributed by atoms with Crippen molar-refractivity contribution in [3.05, 3.63) is 11.6 Å². The van der Waals surface area contributed by atoms with E-state index in [1.807, 2.05) is 19.9 Å². The van der Waals surface area contributed by atoms with Crippen molar-refractivity contribution >= 4 is 17.5 Å². The molecular weight excluding hydrogens is 186 g/mol. The number of nitrogens with zero attached hydrogens (tertiary/aromatic N) is 1. The number of halogens is 1. The summed E-state index contributed by atoms with van der Waals surface area (Å²) in [5, 5.41) is 0. The number of hydrogen-bond donors (Lipinski definition) is 0. The summed E-state index contributed by atoms with van der Waals surface area (Å²) in [6.07, 6.45) is 2.55. The van der Waals surface area contributed by atoms with Gasteiger partial charge in [-0.2, -0.15) is 0 Å². The van der Waals surface area contributed by atoms with E-state index in [4.69, 9.17) is 11.6 Å². The minimum absolute atomic E-state index is 0.0463. The second-order valence-electron chi connectivity index (χ2n) is 3.68. The first-order chi connectivity index (χ1) is 6.00. The Kier molecular flexibility index (Phi) is 5.80. The summed E-state index contributed by atoms with van der Waals surface area (Å²) in [5.41, 5.74) is 1.47. The van der Waals surface area contributed by atoms with E-state index in [9.17, 15) is 4.79 Å². The molecule has 2 nitrogen and oxygen atoms in total. The Morgan fingerprint density at radius 2 is 2.00 bits per heavy atom. The fraction of sp³-hybridized carbons (Fsp3) is 0.700. The standard InChI is InChI=1S/C10H18ClNO/c1-8(2)9(6-5-7-11)10(13)12(3)4/h5,7-9H,6H2,1-4H3/b7-5+/t9-/m0/s1. The van der Waals surface area contributed by atoms with E-state index in [-0.39, 0.29) is 11.8 Å². The molecule has 3 heteroatoms. The molecule has 0 fully saturated rings. The van der Waals surface area contributed by atoms with Gasteiger partial charge in [0.1, 0.15) is 0 Å². The molecule has 0 aromatic carbocycles. The van der Waals surface area contributed by atoms with Crippen LogP contribution in [0.2, 0.25) is 0 Å². The molecule has 0 saturated heterocycles. The minimum atomic E-state index is 0.0463. The van der Waals surface area contributed by atoms with Gasteiger partial charge in [0.2, 0.25) is 5.91 Å². The van der Waals surface area contributed by atoms with Crippen molar-refractivity contribution in [2.24, 2.45) is 11.8 Å². The number of carbonyl (C=O) groups is 1. The third-order valence-electron chi connectivity index (χ3n) is 2.04. The van der Waals surface area contributed by atoms with Crippen LogP contribution in [-0.4, -0.2) is 24.9 Å². The van der Waals surface area contributed by atoms with Crippen molar-refractivity contribution in [1.82, 2.24) is 4.90 Å². The first-order valence-electron chi connectivity index (χ1n) is 4.47. The zero-order valence-corrected chi connectivity index (χ0v) is 9.51. The molecule has 0 aliphatic carbocycles. The predicted octanol–water partition coefficient (Wildman–Crippen LogP) is 2.49. The summed E-state index contributed by atoms with van der Waals surface area (Å²) in [4.78, 5) is 13.3. The molecule has 0 N–H and O–H groups in total. The molecule has 0 bridgehead atoms. The number of amides is 1. The fourth-order valence-corrected chi connectivity index (χ4v) is 1.29. The number of allylic oxidation sites excluding steroid dienone is 1. The molecule has 0 saturated carbocycles. The molecule has 1 atom stereocenters. The Balaban J connectivity index is 4.33. The molecule has 0 aromatic heterocycles. The van der Waals surface area contributed by atoms with Gasteiger partial charge >= 0.3 is 0 Å². The Morgan fingerprint density at radius 3 is 2.31 bits per heavy atom. The maximum absolute atomic E-state index is 11.6. The molecule has 0 radical (unpaired) electrons. The lowest BCUT2D eigenvalue weighted by Crippen LogP contribution is -2.32. The maximum Gasteiger partial charge on any atom is 0.225 e. The van der Waals surface area contributed by atoms with Crippen LogP contribution in [0.15, 0.2) is 11.6 Å². The fourth-order valence-electron chi connectivity index (χ4n) is 1.19. The Labute approximate surface area is 85.6 Å². The highest BCUT2D eigenvalue weighted by atomic mass is 35.5. The molecular formula is C10H18ClNO. The maximum atomic E-state index is 11.6. The molecule has 0 aliphatic rings. The van der Waals surface area contributed by atoms with Crippen molar-refractivity contribution in [1.29, 1.82) is 0 Å². The third-order valence-corrected chi connectivity index (χ3v) is 2.22. The lowest BCUT2D eigenvalue weighted by atomic mass is 9.91. The molecule has 0 heterocycles. The average molecular weight is 204 g/mol. The second kappa shape index (κ2) is 6.03. The normalized spacial score (nSPS) is 13.7. The Hall–Kier alpha value is -0.500. The van der Waals surface area contributed by atoms with Crippen LogP contribution >= 0.6 is 11.6 Å².